The van der Waals surface area contributed by atoms with E-state index in [4.69, 9.17) is 0 Å². The molecule has 5 nitrogen and oxygen atoms in total. The number of carbonyl (C=O) groups excluding carboxylic acids is 1. The predicted octanol–water partition coefficient (Wildman–Crippen LogP) is 3.96. The Morgan fingerprint density at radius 2 is 1.93 bits per heavy atom. The molecular formula is C20H17N3O2S3. The third kappa shape index (κ3) is 4.19. The summed E-state index contributed by atoms with van der Waals surface area (Å²) < 4.78 is 1.58. The molecule has 0 spiro atoms. The van der Waals surface area contributed by atoms with Crippen molar-refractivity contribution < 1.29 is 4.79 Å². The number of hydrogen-bond acceptors (Lipinski definition) is 6. The summed E-state index contributed by atoms with van der Waals surface area (Å²) in [6.07, 6.45) is 0.822. The van der Waals surface area contributed by atoms with Gasteiger partial charge in [0, 0.05) is 11.4 Å². The summed E-state index contributed by atoms with van der Waals surface area (Å²) in [5, 5.41) is 7.95. The number of rotatable bonds is 7. The van der Waals surface area contributed by atoms with Gasteiger partial charge >= 0.3 is 0 Å². The van der Waals surface area contributed by atoms with Crippen molar-refractivity contribution in [3.8, 4) is 5.69 Å². The minimum Gasteiger partial charge on any atom is -0.355 e. The molecule has 1 amide bonds. The molecule has 8 heteroatoms. The molecule has 4 aromatic rings. The molecule has 0 atom stereocenters. The van der Waals surface area contributed by atoms with Crippen molar-refractivity contribution in [2.45, 2.75) is 11.6 Å². The monoisotopic (exact) mass is 427 g/mol. The van der Waals surface area contributed by atoms with E-state index in [-0.39, 0.29) is 17.2 Å². The highest BCUT2D eigenvalue weighted by atomic mass is 32.2. The van der Waals surface area contributed by atoms with Crippen LogP contribution >= 0.6 is 34.4 Å². The summed E-state index contributed by atoms with van der Waals surface area (Å²) in [4.78, 5) is 31.8. The Kier molecular flexibility index (Phi) is 5.90. The van der Waals surface area contributed by atoms with Crippen LogP contribution in [0.1, 0.15) is 4.88 Å². The zero-order chi connectivity index (χ0) is 19.3. The molecule has 1 aromatic carbocycles. The molecular weight excluding hydrogens is 410 g/mol. The molecule has 0 aliphatic rings. The molecule has 0 aliphatic heterocycles. The van der Waals surface area contributed by atoms with E-state index in [1.54, 1.807) is 22.0 Å². The number of nitrogens with zero attached hydrogens (tertiary/aromatic N) is 2. The van der Waals surface area contributed by atoms with Crippen LogP contribution in [0.25, 0.3) is 15.9 Å². The molecule has 3 aromatic heterocycles. The second-order valence-electron chi connectivity index (χ2n) is 5.98. The lowest BCUT2D eigenvalue weighted by Gasteiger charge is -2.12. The maximum atomic E-state index is 13.0. The van der Waals surface area contributed by atoms with Crippen molar-refractivity contribution in [3.63, 3.8) is 0 Å². The minimum atomic E-state index is -0.113. The van der Waals surface area contributed by atoms with Crippen LogP contribution in [0, 0.1) is 0 Å². The number of nitrogens with one attached hydrogen (secondary N) is 1. The Morgan fingerprint density at radius 3 is 2.71 bits per heavy atom. The number of amides is 1. The summed E-state index contributed by atoms with van der Waals surface area (Å²) >= 11 is 4.39. The number of aromatic nitrogens is 2. The van der Waals surface area contributed by atoms with Gasteiger partial charge in [0.1, 0.15) is 4.83 Å². The van der Waals surface area contributed by atoms with E-state index in [0.717, 1.165) is 12.1 Å². The van der Waals surface area contributed by atoms with E-state index in [2.05, 4.69) is 16.4 Å². The SMILES string of the molecule is O=C(CSc1nc2sccc2c(=O)n1-c1ccccc1)NCCc1cccs1. The van der Waals surface area contributed by atoms with Gasteiger partial charge in [0.2, 0.25) is 5.91 Å². The van der Waals surface area contributed by atoms with Gasteiger partial charge in [-0.05, 0) is 41.4 Å². The summed E-state index contributed by atoms with van der Waals surface area (Å²) in [5.74, 6) is 0.141. The fourth-order valence-electron chi connectivity index (χ4n) is 2.76. The van der Waals surface area contributed by atoms with Crippen molar-refractivity contribution in [2.75, 3.05) is 12.3 Å². The van der Waals surface area contributed by atoms with E-state index in [1.165, 1.54) is 28.0 Å². The number of hydrogen-bond donors (Lipinski definition) is 1. The van der Waals surface area contributed by atoms with Crippen LogP contribution in [0.5, 0.6) is 0 Å². The third-order valence-electron chi connectivity index (χ3n) is 4.09. The first kappa shape index (κ1) is 18.9. The molecule has 28 heavy (non-hydrogen) atoms. The summed E-state index contributed by atoms with van der Waals surface area (Å²) in [6.45, 7) is 0.600. The van der Waals surface area contributed by atoms with Gasteiger partial charge < -0.3 is 5.32 Å². The minimum absolute atomic E-state index is 0.0679. The molecule has 1 N–H and O–H groups in total. The van der Waals surface area contributed by atoms with Crippen LogP contribution in [0.4, 0.5) is 0 Å². The number of fused-ring (bicyclic) bond motifs is 1. The van der Waals surface area contributed by atoms with Crippen LogP contribution in [0.15, 0.2) is 69.2 Å². The number of benzene rings is 1. The molecule has 0 saturated carbocycles. The van der Waals surface area contributed by atoms with E-state index in [9.17, 15) is 9.59 Å². The van der Waals surface area contributed by atoms with Gasteiger partial charge in [0.25, 0.3) is 5.56 Å². The summed E-state index contributed by atoms with van der Waals surface area (Å²) in [7, 11) is 0. The predicted molar refractivity (Wildman–Crippen MR) is 117 cm³/mol. The second kappa shape index (κ2) is 8.72. The highest BCUT2D eigenvalue weighted by molar-refractivity contribution is 7.99. The molecule has 0 bridgehead atoms. The van der Waals surface area contributed by atoms with Gasteiger partial charge in [-0.3, -0.25) is 14.2 Å². The molecule has 0 saturated heterocycles. The largest absolute Gasteiger partial charge is 0.355 e. The van der Waals surface area contributed by atoms with Gasteiger partial charge in [0.15, 0.2) is 5.16 Å². The molecule has 0 unspecified atom stereocenters. The first-order valence-electron chi connectivity index (χ1n) is 8.70. The molecule has 0 radical (unpaired) electrons. The number of carbonyl (C=O) groups is 1. The summed E-state index contributed by atoms with van der Waals surface area (Å²) in [5.41, 5.74) is 0.631. The molecule has 4 rings (SSSR count). The lowest BCUT2D eigenvalue weighted by Crippen LogP contribution is -2.28. The standard InChI is InChI=1S/C20H17N3O2S3/c24-17(21-10-8-15-7-4-11-26-15)13-28-20-22-18-16(9-12-27-18)19(25)23(20)14-5-2-1-3-6-14/h1-7,9,11-12H,8,10,13H2,(H,21,24). The van der Waals surface area contributed by atoms with E-state index >= 15 is 0 Å². The van der Waals surface area contributed by atoms with Crippen molar-refractivity contribution in [3.05, 3.63) is 74.5 Å². The van der Waals surface area contributed by atoms with Crippen LogP contribution in [0.2, 0.25) is 0 Å². The average molecular weight is 428 g/mol. The first-order valence-corrected chi connectivity index (χ1v) is 11.4. The number of para-hydroxylation sites is 1. The highest BCUT2D eigenvalue weighted by Crippen LogP contribution is 2.23. The first-order chi connectivity index (χ1) is 13.7. The zero-order valence-electron chi connectivity index (χ0n) is 14.8. The third-order valence-corrected chi connectivity index (χ3v) is 6.77. The molecule has 3 heterocycles. The average Bonchev–Trinajstić information content (AvgIpc) is 3.39. The maximum absolute atomic E-state index is 13.0. The zero-order valence-corrected chi connectivity index (χ0v) is 17.3. The quantitative estimate of drug-likeness (QED) is 0.358. The normalized spacial score (nSPS) is 11.0. The van der Waals surface area contributed by atoms with Crippen molar-refractivity contribution in [1.82, 2.24) is 14.9 Å². The Bertz CT molecular complexity index is 1130. The van der Waals surface area contributed by atoms with Crippen LogP contribution in [0.3, 0.4) is 0 Å². The highest BCUT2D eigenvalue weighted by Gasteiger charge is 2.15. The number of thiophene rings is 2. The lowest BCUT2D eigenvalue weighted by molar-refractivity contribution is -0.118. The smallest absolute Gasteiger partial charge is 0.267 e. The summed E-state index contributed by atoms with van der Waals surface area (Å²) in [6, 6.07) is 15.3. The van der Waals surface area contributed by atoms with Gasteiger partial charge in [-0.25, -0.2) is 4.98 Å². The van der Waals surface area contributed by atoms with Crippen molar-refractivity contribution in [1.29, 1.82) is 0 Å². The second-order valence-corrected chi connectivity index (χ2v) is 8.85. The molecule has 142 valence electrons. The fraction of sp³-hybridized carbons (Fsp3) is 0.150. The Balaban J connectivity index is 1.51. The maximum Gasteiger partial charge on any atom is 0.267 e. The van der Waals surface area contributed by atoms with Gasteiger partial charge in [0.05, 0.1) is 16.8 Å². The van der Waals surface area contributed by atoms with Gasteiger partial charge in [-0.2, -0.15) is 0 Å². The van der Waals surface area contributed by atoms with Crippen LogP contribution < -0.4 is 10.9 Å². The fourth-order valence-corrected chi connectivity index (χ4v) is 5.11. The van der Waals surface area contributed by atoms with Gasteiger partial charge in [-0.1, -0.05) is 36.0 Å². The Morgan fingerprint density at radius 1 is 1.07 bits per heavy atom. The lowest BCUT2D eigenvalue weighted by atomic mass is 10.3. The molecule has 0 aliphatic carbocycles. The van der Waals surface area contributed by atoms with Crippen molar-refractivity contribution >= 4 is 50.6 Å². The van der Waals surface area contributed by atoms with E-state index in [1.807, 2.05) is 47.2 Å². The van der Waals surface area contributed by atoms with Gasteiger partial charge in [-0.15, -0.1) is 22.7 Å². The van der Waals surface area contributed by atoms with Crippen LogP contribution in [-0.4, -0.2) is 27.8 Å². The van der Waals surface area contributed by atoms with Crippen molar-refractivity contribution in [2.24, 2.45) is 0 Å². The Labute approximate surface area is 174 Å². The topological polar surface area (TPSA) is 64.0 Å². The Hall–Kier alpha value is -2.42. The number of thioether (sulfide) groups is 1. The molecule has 0 fully saturated rings. The van der Waals surface area contributed by atoms with Crippen LogP contribution in [-0.2, 0) is 11.2 Å². The van der Waals surface area contributed by atoms with E-state index in [0.29, 0.717) is 21.9 Å². The van der Waals surface area contributed by atoms with E-state index < -0.39 is 0 Å².